The highest BCUT2D eigenvalue weighted by atomic mass is 16.5. The minimum atomic E-state index is -0.0269. The van der Waals surface area contributed by atoms with Gasteiger partial charge in [0.05, 0.1) is 45.0 Å². The summed E-state index contributed by atoms with van der Waals surface area (Å²) in [5.41, 5.74) is 0. The van der Waals surface area contributed by atoms with Crippen LogP contribution in [0.5, 0.6) is 0 Å². The predicted molar refractivity (Wildman–Crippen MR) is 57.2 cm³/mol. The normalized spacial score (nSPS) is 32.9. The van der Waals surface area contributed by atoms with E-state index in [1.165, 1.54) is 0 Å². The zero-order chi connectivity index (χ0) is 11.4. The van der Waals surface area contributed by atoms with Gasteiger partial charge < -0.3 is 14.6 Å². The second kappa shape index (κ2) is 5.72. The number of hydrogen-bond donors (Lipinski definition) is 1. The van der Waals surface area contributed by atoms with Gasteiger partial charge in [0, 0.05) is 19.5 Å². The average Bonchev–Trinajstić information content (AvgIpc) is 2.33. The molecule has 2 atom stereocenters. The summed E-state index contributed by atoms with van der Waals surface area (Å²) in [7, 11) is 0. The third-order valence-corrected chi connectivity index (χ3v) is 3.28. The molecule has 2 aliphatic rings. The van der Waals surface area contributed by atoms with Gasteiger partial charge in [0.1, 0.15) is 5.78 Å². The molecule has 5 heteroatoms. The Morgan fingerprint density at radius 2 is 2.12 bits per heavy atom. The molecule has 0 radical (unpaired) electrons. The van der Waals surface area contributed by atoms with Crippen molar-refractivity contribution in [1.29, 1.82) is 0 Å². The summed E-state index contributed by atoms with van der Waals surface area (Å²) in [5, 5.41) is 9.22. The van der Waals surface area contributed by atoms with Crippen molar-refractivity contribution in [3.8, 4) is 0 Å². The van der Waals surface area contributed by atoms with Crippen molar-refractivity contribution in [3.63, 3.8) is 0 Å². The summed E-state index contributed by atoms with van der Waals surface area (Å²) in [6, 6.07) is 0.0310. The molecule has 0 aromatic heterocycles. The van der Waals surface area contributed by atoms with Crippen LogP contribution in [0.25, 0.3) is 0 Å². The van der Waals surface area contributed by atoms with E-state index in [1.807, 2.05) is 0 Å². The van der Waals surface area contributed by atoms with Crippen LogP contribution in [0.3, 0.4) is 0 Å². The van der Waals surface area contributed by atoms with Gasteiger partial charge in [-0.15, -0.1) is 0 Å². The molecule has 0 aromatic rings. The topological polar surface area (TPSA) is 59.0 Å². The van der Waals surface area contributed by atoms with E-state index < -0.39 is 0 Å². The predicted octanol–water partition coefficient (Wildman–Crippen LogP) is -0.715. The van der Waals surface area contributed by atoms with E-state index in [2.05, 4.69) is 4.90 Å². The molecule has 0 aliphatic carbocycles. The van der Waals surface area contributed by atoms with Crippen LogP contribution in [-0.4, -0.2) is 68.0 Å². The standard InChI is InChI=1S/C11H19NO4/c13-6-10-8-16-4-2-12(10)5-9-7-15-3-1-11(9)14/h9-10,13H,1-8H2. The number of aliphatic hydroxyl groups is 1. The molecule has 2 heterocycles. The molecule has 0 aromatic carbocycles. The van der Waals surface area contributed by atoms with Crippen molar-refractivity contribution >= 4 is 5.78 Å². The number of morpholine rings is 1. The Kier molecular flexibility index (Phi) is 4.29. The van der Waals surface area contributed by atoms with E-state index in [0.29, 0.717) is 39.4 Å². The van der Waals surface area contributed by atoms with E-state index in [0.717, 1.165) is 6.54 Å². The highest BCUT2D eigenvalue weighted by Gasteiger charge is 2.29. The smallest absolute Gasteiger partial charge is 0.141 e. The Morgan fingerprint density at radius 3 is 2.88 bits per heavy atom. The quantitative estimate of drug-likeness (QED) is 0.692. The van der Waals surface area contributed by atoms with Crippen LogP contribution in [0.2, 0.25) is 0 Å². The second-order valence-electron chi connectivity index (χ2n) is 4.39. The van der Waals surface area contributed by atoms with Gasteiger partial charge in [0.25, 0.3) is 0 Å². The maximum atomic E-state index is 11.7. The lowest BCUT2D eigenvalue weighted by Gasteiger charge is -2.37. The lowest BCUT2D eigenvalue weighted by molar-refractivity contribution is -0.133. The fourth-order valence-corrected chi connectivity index (χ4v) is 2.23. The third-order valence-electron chi connectivity index (χ3n) is 3.28. The molecule has 92 valence electrons. The third kappa shape index (κ3) is 2.79. The van der Waals surface area contributed by atoms with Gasteiger partial charge in [-0.1, -0.05) is 0 Å². The van der Waals surface area contributed by atoms with Crippen molar-refractivity contribution in [2.75, 3.05) is 46.1 Å². The average molecular weight is 229 g/mol. The monoisotopic (exact) mass is 229 g/mol. The lowest BCUT2D eigenvalue weighted by atomic mass is 9.99. The Morgan fingerprint density at radius 1 is 1.31 bits per heavy atom. The molecule has 0 saturated carbocycles. The summed E-state index contributed by atoms with van der Waals surface area (Å²) in [4.78, 5) is 13.8. The summed E-state index contributed by atoms with van der Waals surface area (Å²) in [6.07, 6.45) is 0.527. The maximum Gasteiger partial charge on any atom is 0.141 e. The highest BCUT2D eigenvalue weighted by Crippen LogP contribution is 2.15. The number of ether oxygens (including phenoxy) is 2. The molecule has 0 spiro atoms. The summed E-state index contributed by atoms with van der Waals surface area (Å²) < 4.78 is 10.6. The molecule has 2 fully saturated rings. The summed E-state index contributed by atoms with van der Waals surface area (Å²) >= 11 is 0. The minimum absolute atomic E-state index is 0.0269. The van der Waals surface area contributed by atoms with Gasteiger partial charge in [-0.05, 0) is 0 Å². The first-order valence-electron chi connectivity index (χ1n) is 5.84. The van der Waals surface area contributed by atoms with Gasteiger partial charge in [-0.2, -0.15) is 0 Å². The number of ketones is 1. The molecule has 2 unspecified atom stereocenters. The summed E-state index contributed by atoms with van der Waals surface area (Å²) in [5.74, 6) is 0.260. The summed E-state index contributed by atoms with van der Waals surface area (Å²) in [6.45, 7) is 3.87. The van der Waals surface area contributed by atoms with Crippen LogP contribution < -0.4 is 0 Å². The fraction of sp³-hybridized carbons (Fsp3) is 0.909. The molecule has 5 nitrogen and oxygen atoms in total. The van der Waals surface area contributed by atoms with Gasteiger partial charge >= 0.3 is 0 Å². The minimum Gasteiger partial charge on any atom is -0.395 e. The Hall–Kier alpha value is -0.490. The highest BCUT2D eigenvalue weighted by molar-refractivity contribution is 5.82. The van der Waals surface area contributed by atoms with Gasteiger partial charge in [0.2, 0.25) is 0 Å². The van der Waals surface area contributed by atoms with Crippen molar-refractivity contribution in [1.82, 2.24) is 4.90 Å². The van der Waals surface area contributed by atoms with Crippen molar-refractivity contribution in [2.45, 2.75) is 12.5 Å². The number of carbonyl (C=O) groups excluding carboxylic acids is 1. The van der Waals surface area contributed by atoms with Gasteiger partial charge in [-0.3, -0.25) is 9.69 Å². The Balaban J connectivity index is 1.88. The van der Waals surface area contributed by atoms with Crippen LogP contribution in [-0.2, 0) is 14.3 Å². The molecular weight excluding hydrogens is 210 g/mol. The largest absolute Gasteiger partial charge is 0.395 e. The fourth-order valence-electron chi connectivity index (χ4n) is 2.23. The molecule has 0 amide bonds. The van der Waals surface area contributed by atoms with E-state index in [-0.39, 0.29) is 24.3 Å². The van der Waals surface area contributed by atoms with Crippen molar-refractivity contribution in [3.05, 3.63) is 0 Å². The van der Waals surface area contributed by atoms with Gasteiger partial charge in [0.15, 0.2) is 0 Å². The number of carbonyl (C=O) groups is 1. The number of Topliss-reactive ketones (excluding diaryl/α,β-unsaturated/α-hetero) is 1. The van der Waals surface area contributed by atoms with Crippen molar-refractivity contribution < 1.29 is 19.4 Å². The zero-order valence-electron chi connectivity index (χ0n) is 9.43. The van der Waals surface area contributed by atoms with Crippen LogP contribution in [0, 0.1) is 5.92 Å². The first-order chi connectivity index (χ1) is 7.81. The molecule has 16 heavy (non-hydrogen) atoms. The molecular formula is C11H19NO4. The van der Waals surface area contributed by atoms with E-state index in [9.17, 15) is 9.90 Å². The van der Waals surface area contributed by atoms with Gasteiger partial charge in [-0.25, -0.2) is 0 Å². The molecule has 2 aliphatic heterocycles. The van der Waals surface area contributed by atoms with Crippen LogP contribution in [0.4, 0.5) is 0 Å². The SMILES string of the molecule is O=C1CCOCC1CN1CCOCC1CO. The van der Waals surface area contributed by atoms with Crippen LogP contribution in [0.15, 0.2) is 0 Å². The second-order valence-corrected chi connectivity index (χ2v) is 4.39. The molecule has 2 rings (SSSR count). The maximum absolute atomic E-state index is 11.7. The van der Waals surface area contributed by atoms with E-state index in [4.69, 9.17) is 9.47 Å². The molecule has 2 saturated heterocycles. The first-order valence-corrected chi connectivity index (χ1v) is 5.84. The van der Waals surface area contributed by atoms with E-state index in [1.54, 1.807) is 0 Å². The van der Waals surface area contributed by atoms with Crippen LogP contribution in [0.1, 0.15) is 6.42 Å². The first kappa shape index (κ1) is 12.0. The number of nitrogens with zero attached hydrogens (tertiary/aromatic N) is 1. The molecule has 1 N–H and O–H groups in total. The van der Waals surface area contributed by atoms with E-state index >= 15 is 0 Å². The lowest BCUT2D eigenvalue weighted by Crippen LogP contribution is -2.51. The van der Waals surface area contributed by atoms with Crippen LogP contribution >= 0.6 is 0 Å². The number of aliphatic hydroxyl groups excluding tert-OH is 1. The zero-order valence-corrected chi connectivity index (χ0v) is 9.43. The number of rotatable bonds is 3. The Labute approximate surface area is 95.3 Å². The van der Waals surface area contributed by atoms with Crippen molar-refractivity contribution in [2.24, 2.45) is 5.92 Å². The Bertz CT molecular complexity index is 246. The number of hydrogen-bond acceptors (Lipinski definition) is 5. The molecule has 0 bridgehead atoms.